The molecular formula is C13H19N3O3S. The van der Waals surface area contributed by atoms with Crippen LogP contribution in [0.2, 0.25) is 0 Å². The van der Waals surface area contributed by atoms with Gasteiger partial charge in [0.2, 0.25) is 10.0 Å². The summed E-state index contributed by atoms with van der Waals surface area (Å²) in [7, 11) is -3.17. The SMILES string of the molecule is Cc1cc(N)ccc1C(=O)N1CCN(S(C)(=O)=O)CC1. The highest BCUT2D eigenvalue weighted by molar-refractivity contribution is 7.88. The number of piperazine rings is 1. The first kappa shape index (κ1) is 14.8. The molecule has 0 radical (unpaired) electrons. The molecule has 0 saturated carbocycles. The topological polar surface area (TPSA) is 83.7 Å². The van der Waals surface area contributed by atoms with Crippen LogP contribution < -0.4 is 5.73 Å². The maximum Gasteiger partial charge on any atom is 0.254 e. The zero-order chi connectivity index (χ0) is 14.9. The van der Waals surface area contributed by atoms with Crippen molar-refractivity contribution >= 4 is 21.6 Å². The van der Waals surface area contributed by atoms with Crippen molar-refractivity contribution in [3.05, 3.63) is 29.3 Å². The Kier molecular flexibility index (Phi) is 4.01. The Morgan fingerprint density at radius 2 is 1.80 bits per heavy atom. The lowest BCUT2D eigenvalue weighted by Gasteiger charge is -2.33. The van der Waals surface area contributed by atoms with Gasteiger partial charge in [-0.1, -0.05) is 0 Å². The normalized spacial score (nSPS) is 17.2. The van der Waals surface area contributed by atoms with Crippen LogP contribution >= 0.6 is 0 Å². The number of nitrogen functional groups attached to an aromatic ring is 1. The van der Waals surface area contributed by atoms with E-state index in [0.717, 1.165) is 5.56 Å². The van der Waals surface area contributed by atoms with Gasteiger partial charge in [-0.2, -0.15) is 4.31 Å². The number of nitrogens with two attached hydrogens (primary N) is 1. The number of anilines is 1. The predicted molar refractivity (Wildman–Crippen MR) is 77.9 cm³/mol. The number of aryl methyl sites for hydroxylation is 1. The minimum absolute atomic E-state index is 0.0735. The van der Waals surface area contributed by atoms with Gasteiger partial charge in [0.15, 0.2) is 0 Å². The summed E-state index contributed by atoms with van der Waals surface area (Å²) in [6, 6.07) is 5.18. The molecule has 6 nitrogen and oxygen atoms in total. The lowest BCUT2D eigenvalue weighted by molar-refractivity contribution is 0.0697. The quantitative estimate of drug-likeness (QED) is 0.796. The molecule has 2 N–H and O–H groups in total. The van der Waals surface area contributed by atoms with E-state index in [1.165, 1.54) is 10.6 Å². The molecule has 2 rings (SSSR count). The van der Waals surface area contributed by atoms with Crippen LogP contribution in [0.25, 0.3) is 0 Å². The first-order chi connectivity index (χ1) is 9.29. The highest BCUT2D eigenvalue weighted by Crippen LogP contribution is 2.16. The fraction of sp³-hybridized carbons (Fsp3) is 0.462. The summed E-state index contributed by atoms with van der Waals surface area (Å²) in [5.74, 6) is -0.0735. The van der Waals surface area contributed by atoms with Crippen molar-refractivity contribution < 1.29 is 13.2 Å². The summed E-state index contributed by atoms with van der Waals surface area (Å²) in [6.45, 7) is 3.36. The van der Waals surface area contributed by atoms with Crippen molar-refractivity contribution in [1.82, 2.24) is 9.21 Å². The molecule has 0 aromatic heterocycles. The third-order valence-corrected chi connectivity index (χ3v) is 4.78. The fourth-order valence-corrected chi connectivity index (χ4v) is 3.15. The van der Waals surface area contributed by atoms with Gasteiger partial charge in [0.05, 0.1) is 6.26 Å². The van der Waals surface area contributed by atoms with E-state index in [0.29, 0.717) is 37.4 Å². The summed E-state index contributed by atoms with van der Waals surface area (Å²) < 4.78 is 24.3. The summed E-state index contributed by atoms with van der Waals surface area (Å²) in [4.78, 5) is 14.1. The van der Waals surface area contributed by atoms with Gasteiger partial charge in [-0.25, -0.2) is 8.42 Å². The Labute approximate surface area is 119 Å². The predicted octanol–water partition coefficient (Wildman–Crippen LogP) is 0.295. The second kappa shape index (κ2) is 5.41. The van der Waals surface area contributed by atoms with E-state index < -0.39 is 10.0 Å². The average molecular weight is 297 g/mol. The Morgan fingerprint density at radius 1 is 1.20 bits per heavy atom. The third kappa shape index (κ3) is 3.10. The highest BCUT2D eigenvalue weighted by atomic mass is 32.2. The number of rotatable bonds is 2. The number of amides is 1. The van der Waals surface area contributed by atoms with Crippen molar-refractivity contribution in [2.75, 3.05) is 38.2 Å². The number of hydrogen-bond donors (Lipinski definition) is 1. The standard InChI is InChI=1S/C13H19N3O3S/c1-10-9-11(14)3-4-12(10)13(17)15-5-7-16(8-6-15)20(2,18)19/h3-4,9H,5-8,14H2,1-2H3. The van der Waals surface area contributed by atoms with E-state index in [-0.39, 0.29) is 5.91 Å². The molecule has 110 valence electrons. The summed E-state index contributed by atoms with van der Waals surface area (Å²) >= 11 is 0. The summed E-state index contributed by atoms with van der Waals surface area (Å²) in [5, 5.41) is 0. The molecule has 0 unspecified atom stereocenters. The molecule has 1 fully saturated rings. The molecule has 0 atom stereocenters. The number of benzene rings is 1. The van der Waals surface area contributed by atoms with Gasteiger partial charge >= 0.3 is 0 Å². The molecule has 1 saturated heterocycles. The first-order valence-electron chi connectivity index (χ1n) is 6.39. The molecule has 1 aliphatic heterocycles. The van der Waals surface area contributed by atoms with Crippen LogP contribution in [0.3, 0.4) is 0 Å². The molecular weight excluding hydrogens is 278 g/mol. The van der Waals surface area contributed by atoms with E-state index in [1.807, 2.05) is 6.92 Å². The minimum Gasteiger partial charge on any atom is -0.399 e. The van der Waals surface area contributed by atoms with Crippen molar-refractivity contribution in [3.63, 3.8) is 0 Å². The molecule has 0 aliphatic carbocycles. The maximum atomic E-state index is 12.4. The summed E-state index contributed by atoms with van der Waals surface area (Å²) in [5.41, 5.74) is 7.75. The third-order valence-electron chi connectivity index (χ3n) is 3.48. The number of carbonyl (C=O) groups excluding carboxylic acids is 1. The van der Waals surface area contributed by atoms with E-state index in [9.17, 15) is 13.2 Å². The number of sulfonamides is 1. The maximum absolute atomic E-state index is 12.4. The Balaban J connectivity index is 2.09. The largest absolute Gasteiger partial charge is 0.399 e. The highest BCUT2D eigenvalue weighted by Gasteiger charge is 2.27. The Bertz CT molecular complexity index is 620. The van der Waals surface area contributed by atoms with Crippen LogP contribution in [0.4, 0.5) is 5.69 Å². The first-order valence-corrected chi connectivity index (χ1v) is 8.24. The van der Waals surface area contributed by atoms with E-state index >= 15 is 0 Å². The minimum atomic E-state index is -3.17. The van der Waals surface area contributed by atoms with Gasteiger partial charge in [0, 0.05) is 37.4 Å². The van der Waals surface area contributed by atoms with Crippen molar-refractivity contribution in [3.8, 4) is 0 Å². The van der Waals surface area contributed by atoms with Crippen LogP contribution in [-0.4, -0.2) is 56.0 Å². The zero-order valence-corrected chi connectivity index (χ0v) is 12.5. The summed E-state index contributed by atoms with van der Waals surface area (Å²) in [6.07, 6.45) is 1.19. The second-order valence-electron chi connectivity index (χ2n) is 5.03. The molecule has 0 spiro atoms. The van der Waals surface area contributed by atoms with Crippen LogP contribution in [0.15, 0.2) is 18.2 Å². The Hall–Kier alpha value is -1.60. The Morgan fingerprint density at radius 3 is 2.30 bits per heavy atom. The molecule has 1 aromatic carbocycles. The zero-order valence-electron chi connectivity index (χ0n) is 11.7. The molecule has 20 heavy (non-hydrogen) atoms. The van der Waals surface area contributed by atoms with Crippen molar-refractivity contribution in [2.45, 2.75) is 6.92 Å². The van der Waals surface area contributed by atoms with Crippen molar-refractivity contribution in [2.24, 2.45) is 0 Å². The monoisotopic (exact) mass is 297 g/mol. The fourth-order valence-electron chi connectivity index (χ4n) is 2.32. The van der Waals surface area contributed by atoms with E-state index in [1.54, 1.807) is 23.1 Å². The van der Waals surface area contributed by atoms with E-state index in [2.05, 4.69) is 0 Å². The molecule has 1 amide bonds. The molecule has 7 heteroatoms. The molecule has 0 bridgehead atoms. The van der Waals surface area contributed by atoms with Crippen LogP contribution in [0.1, 0.15) is 15.9 Å². The lowest BCUT2D eigenvalue weighted by atomic mass is 10.1. The van der Waals surface area contributed by atoms with Gasteiger partial charge in [-0.3, -0.25) is 4.79 Å². The molecule has 1 aliphatic rings. The lowest BCUT2D eigenvalue weighted by Crippen LogP contribution is -2.50. The van der Waals surface area contributed by atoms with Gasteiger partial charge in [-0.15, -0.1) is 0 Å². The van der Waals surface area contributed by atoms with Crippen LogP contribution in [-0.2, 0) is 10.0 Å². The van der Waals surface area contributed by atoms with Gasteiger partial charge in [0.1, 0.15) is 0 Å². The second-order valence-corrected chi connectivity index (χ2v) is 7.01. The number of carbonyl (C=O) groups is 1. The van der Waals surface area contributed by atoms with Gasteiger partial charge in [-0.05, 0) is 30.7 Å². The molecule has 1 aromatic rings. The number of nitrogens with zero attached hydrogens (tertiary/aromatic N) is 2. The van der Waals surface area contributed by atoms with Gasteiger partial charge < -0.3 is 10.6 Å². The van der Waals surface area contributed by atoms with Crippen LogP contribution in [0, 0.1) is 6.92 Å². The average Bonchev–Trinajstić information content (AvgIpc) is 2.37. The number of hydrogen-bond acceptors (Lipinski definition) is 4. The van der Waals surface area contributed by atoms with Crippen molar-refractivity contribution in [1.29, 1.82) is 0 Å². The molecule has 1 heterocycles. The van der Waals surface area contributed by atoms with Crippen LogP contribution in [0.5, 0.6) is 0 Å². The smallest absolute Gasteiger partial charge is 0.254 e. The van der Waals surface area contributed by atoms with Gasteiger partial charge in [0.25, 0.3) is 5.91 Å². The van der Waals surface area contributed by atoms with E-state index in [4.69, 9.17) is 5.73 Å².